The van der Waals surface area contributed by atoms with Crippen LogP contribution in [-0.2, 0) is 0 Å². The van der Waals surface area contributed by atoms with Crippen LogP contribution >= 0.6 is 0 Å². The zero-order valence-electron chi connectivity index (χ0n) is 11.0. The molecule has 2 heterocycles. The number of aromatic nitrogens is 2. The van der Waals surface area contributed by atoms with E-state index in [0.717, 1.165) is 22.2 Å². The van der Waals surface area contributed by atoms with E-state index in [0.29, 0.717) is 11.3 Å². The van der Waals surface area contributed by atoms with Crippen LogP contribution in [-0.4, -0.2) is 15.9 Å². The largest absolute Gasteiger partial charge is 0.360 e. The summed E-state index contributed by atoms with van der Waals surface area (Å²) >= 11 is 0. The van der Waals surface area contributed by atoms with Crippen LogP contribution in [0.2, 0.25) is 0 Å². The Morgan fingerprint density at radius 2 is 2.05 bits per heavy atom. The van der Waals surface area contributed by atoms with Crippen LogP contribution in [0.4, 0.5) is 0 Å². The zero-order chi connectivity index (χ0) is 14.1. The maximum atomic E-state index is 11.6. The van der Waals surface area contributed by atoms with Crippen molar-refractivity contribution in [2.75, 3.05) is 0 Å². The van der Waals surface area contributed by atoms with Crippen molar-refractivity contribution < 1.29 is 4.79 Å². The van der Waals surface area contributed by atoms with Crippen LogP contribution in [0, 0.1) is 6.92 Å². The van der Waals surface area contributed by atoms with Crippen molar-refractivity contribution in [2.45, 2.75) is 6.92 Å². The lowest BCUT2D eigenvalue weighted by Crippen LogP contribution is -2.30. The summed E-state index contributed by atoms with van der Waals surface area (Å²) in [4.78, 5) is 19.3. The van der Waals surface area contributed by atoms with E-state index in [-0.39, 0.29) is 5.91 Å². The smallest absolute Gasteiger partial charge is 0.267 e. The summed E-state index contributed by atoms with van der Waals surface area (Å²) in [5.41, 5.74) is 6.16. The van der Waals surface area contributed by atoms with E-state index < -0.39 is 0 Å². The summed E-state index contributed by atoms with van der Waals surface area (Å²) in [5, 5.41) is 1.11. The predicted molar refractivity (Wildman–Crippen MR) is 77.9 cm³/mol. The number of fused-ring (bicyclic) bond motifs is 1. The van der Waals surface area contributed by atoms with Gasteiger partial charge in [-0.1, -0.05) is 18.2 Å². The van der Waals surface area contributed by atoms with Crippen molar-refractivity contribution in [1.82, 2.24) is 15.4 Å². The average Bonchev–Trinajstić information content (AvgIpc) is 2.90. The van der Waals surface area contributed by atoms with E-state index in [1.165, 1.54) is 0 Å². The lowest BCUT2D eigenvalue weighted by molar-refractivity contribution is 0.0952. The van der Waals surface area contributed by atoms with Crippen molar-refractivity contribution in [1.29, 1.82) is 0 Å². The summed E-state index contributed by atoms with van der Waals surface area (Å²) in [7, 11) is 0. The molecule has 0 aliphatic heterocycles. The highest BCUT2D eigenvalue weighted by Gasteiger charge is 2.12. The maximum Gasteiger partial charge on any atom is 0.267 e. The molecular weight excluding hydrogens is 252 g/mol. The molecule has 0 radical (unpaired) electrons. The molecule has 3 aromatic rings. The van der Waals surface area contributed by atoms with Gasteiger partial charge in [-0.3, -0.25) is 15.2 Å². The molecule has 0 saturated carbocycles. The fourth-order valence-corrected chi connectivity index (χ4v) is 2.31. The van der Waals surface area contributed by atoms with Crippen molar-refractivity contribution in [2.24, 2.45) is 5.84 Å². The Morgan fingerprint density at radius 3 is 2.80 bits per heavy atom. The molecule has 0 spiro atoms. The van der Waals surface area contributed by atoms with E-state index in [9.17, 15) is 4.79 Å². The van der Waals surface area contributed by atoms with Crippen molar-refractivity contribution in [3.05, 3.63) is 53.9 Å². The van der Waals surface area contributed by atoms with Crippen LogP contribution in [0.1, 0.15) is 16.1 Å². The summed E-state index contributed by atoms with van der Waals surface area (Å²) < 4.78 is 0. The molecule has 0 atom stereocenters. The van der Waals surface area contributed by atoms with Gasteiger partial charge in [0, 0.05) is 22.7 Å². The van der Waals surface area contributed by atoms with E-state index in [1.807, 2.05) is 36.5 Å². The number of H-pyrrole nitrogens is 1. The van der Waals surface area contributed by atoms with Gasteiger partial charge in [0.2, 0.25) is 0 Å². The first-order chi connectivity index (χ1) is 9.70. The highest BCUT2D eigenvalue weighted by atomic mass is 16.2. The number of pyridine rings is 1. The van der Waals surface area contributed by atoms with Gasteiger partial charge >= 0.3 is 0 Å². The van der Waals surface area contributed by atoms with Crippen LogP contribution in [0.25, 0.3) is 22.2 Å². The normalized spacial score (nSPS) is 10.7. The van der Waals surface area contributed by atoms with Crippen LogP contribution in [0.5, 0.6) is 0 Å². The van der Waals surface area contributed by atoms with E-state index >= 15 is 0 Å². The molecular formula is C15H14N4O. The minimum absolute atomic E-state index is 0.333. The lowest BCUT2D eigenvalue weighted by Gasteiger charge is -2.06. The van der Waals surface area contributed by atoms with Gasteiger partial charge in [-0.25, -0.2) is 5.84 Å². The molecule has 1 amide bonds. The average molecular weight is 266 g/mol. The Bertz CT molecular complexity index is 791. The minimum atomic E-state index is -0.333. The topological polar surface area (TPSA) is 83.8 Å². The van der Waals surface area contributed by atoms with E-state index in [4.69, 9.17) is 5.84 Å². The minimum Gasteiger partial charge on any atom is -0.360 e. The third-order valence-electron chi connectivity index (χ3n) is 3.33. The molecule has 4 N–H and O–H groups in total. The molecule has 0 aliphatic carbocycles. The van der Waals surface area contributed by atoms with Crippen molar-refractivity contribution in [3.63, 3.8) is 0 Å². The number of hydrogen-bond donors (Lipinski definition) is 3. The number of nitrogen functional groups attached to an aromatic ring is 1. The molecule has 0 saturated heterocycles. The van der Waals surface area contributed by atoms with Gasteiger partial charge in [-0.15, -0.1) is 0 Å². The number of hydrogen-bond acceptors (Lipinski definition) is 3. The monoisotopic (exact) mass is 266 g/mol. The maximum absolute atomic E-state index is 11.6. The number of nitrogens with zero attached hydrogens (tertiary/aromatic N) is 1. The first-order valence-corrected chi connectivity index (χ1v) is 6.26. The summed E-state index contributed by atoms with van der Waals surface area (Å²) in [6.07, 6.45) is 1.93. The van der Waals surface area contributed by atoms with Gasteiger partial charge in [0.15, 0.2) is 0 Å². The third-order valence-corrected chi connectivity index (χ3v) is 3.33. The molecule has 0 bridgehead atoms. The standard InChI is InChI=1S/C15H14N4O/c1-9-10(15(20)19-16)6-7-14(18-9)12-8-17-13-5-3-2-4-11(12)13/h2-8,17H,16H2,1H3,(H,19,20). The number of hydrazine groups is 1. The van der Waals surface area contributed by atoms with Gasteiger partial charge in [0.25, 0.3) is 5.91 Å². The van der Waals surface area contributed by atoms with Crippen molar-refractivity contribution >= 4 is 16.8 Å². The molecule has 0 fully saturated rings. The Morgan fingerprint density at radius 1 is 1.25 bits per heavy atom. The van der Waals surface area contributed by atoms with E-state index in [1.54, 1.807) is 13.0 Å². The van der Waals surface area contributed by atoms with Gasteiger partial charge in [0.05, 0.1) is 17.0 Å². The summed E-state index contributed by atoms with van der Waals surface area (Å²) in [6, 6.07) is 11.6. The number of carbonyl (C=O) groups excluding carboxylic acids is 1. The van der Waals surface area contributed by atoms with Gasteiger partial charge in [-0.05, 0) is 25.1 Å². The first kappa shape index (κ1) is 12.4. The number of nitrogens with one attached hydrogen (secondary N) is 2. The SMILES string of the molecule is Cc1nc(-c2c[nH]c3ccccc23)ccc1C(=O)NN. The second-order valence-electron chi connectivity index (χ2n) is 4.55. The molecule has 3 rings (SSSR count). The molecule has 0 aliphatic rings. The fourth-order valence-electron chi connectivity index (χ4n) is 2.31. The molecule has 1 aromatic carbocycles. The number of carbonyl (C=O) groups is 1. The molecule has 20 heavy (non-hydrogen) atoms. The second kappa shape index (κ2) is 4.79. The Kier molecular flexibility index (Phi) is 2.96. The Labute approximate surface area is 115 Å². The van der Waals surface area contributed by atoms with Gasteiger partial charge < -0.3 is 4.98 Å². The molecule has 0 unspecified atom stereocenters. The summed E-state index contributed by atoms with van der Waals surface area (Å²) in [5.74, 6) is 4.81. The van der Waals surface area contributed by atoms with Gasteiger partial charge in [0.1, 0.15) is 0 Å². The molecule has 5 nitrogen and oxygen atoms in total. The van der Waals surface area contributed by atoms with Crippen LogP contribution in [0.3, 0.4) is 0 Å². The fraction of sp³-hybridized carbons (Fsp3) is 0.0667. The second-order valence-corrected chi connectivity index (χ2v) is 4.55. The van der Waals surface area contributed by atoms with Gasteiger partial charge in [-0.2, -0.15) is 0 Å². The highest BCUT2D eigenvalue weighted by Crippen LogP contribution is 2.27. The highest BCUT2D eigenvalue weighted by molar-refractivity contribution is 5.97. The van der Waals surface area contributed by atoms with Crippen LogP contribution in [0.15, 0.2) is 42.6 Å². The Balaban J connectivity index is 2.11. The lowest BCUT2D eigenvalue weighted by atomic mass is 10.1. The number of amides is 1. The van der Waals surface area contributed by atoms with E-state index in [2.05, 4.69) is 15.4 Å². The summed E-state index contributed by atoms with van der Waals surface area (Å²) in [6.45, 7) is 1.79. The van der Waals surface area contributed by atoms with Crippen molar-refractivity contribution in [3.8, 4) is 11.3 Å². The quantitative estimate of drug-likeness (QED) is 0.377. The third kappa shape index (κ3) is 1.94. The first-order valence-electron chi connectivity index (χ1n) is 6.26. The molecule has 5 heteroatoms. The Hall–Kier alpha value is -2.66. The number of nitrogens with two attached hydrogens (primary N) is 1. The number of rotatable bonds is 2. The molecule has 100 valence electrons. The molecule has 2 aromatic heterocycles. The number of benzene rings is 1. The number of aryl methyl sites for hydroxylation is 1. The zero-order valence-corrected chi connectivity index (χ0v) is 11.0. The number of para-hydroxylation sites is 1. The number of aromatic amines is 1. The van der Waals surface area contributed by atoms with Crippen LogP contribution < -0.4 is 11.3 Å². The predicted octanol–water partition coefficient (Wildman–Crippen LogP) is 2.14.